The van der Waals surface area contributed by atoms with Gasteiger partial charge in [0.05, 0.1) is 21.7 Å². The first-order valence-corrected chi connectivity index (χ1v) is 7.20. The Morgan fingerprint density at radius 1 is 1.16 bits per heavy atom. The Hall–Kier alpha value is -1.07. The SMILES string of the molecule is COc1c(Br)cc(CNc2ccccc2F)cc1Br. The van der Waals surface area contributed by atoms with E-state index in [1.165, 1.54) is 6.07 Å². The highest BCUT2D eigenvalue weighted by Crippen LogP contribution is 2.34. The average Bonchev–Trinajstić information content (AvgIpc) is 2.37. The largest absolute Gasteiger partial charge is 0.494 e. The molecule has 0 saturated carbocycles. The molecule has 0 fully saturated rings. The van der Waals surface area contributed by atoms with Crippen molar-refractivity contribution in [1.82, 2.24) is 0 Å². The number of rotatable bonds is 4. The van der Waals surface area contributed by atoms with Gasteiger partial charge in [-0.2, -0.15) is 0 Å². The molecule has 0 heterocycles. The van der Waals surface area contributed by atoms with Gasteiger partial charge in [0.15, 0.2) is 0 Å². The second-order valence-corrected chi connectivity index (χ2v) is 5.63. The van der Waals surface area contributed by atoms with Crippen molar-refractivity contribution in [1.29, 1.82) is 0 Å². The van der Waals surface area contributed by atoms with E-state index in [-0.39, 0.29) is 5.82 Å². The third-order valence-electron chi connectivity index (χ3n) is 2.62. The van der Waals surface area contributed by atoms with Gasteiger partial charge in [0, 0.05) is 6.54 Å². The molecule has 2 aromatic carbocycles. The molecule has 1 N–H and O–H groups in total. The van der Waals surface area contributed by atoms with Gasteiger partial charge < -0.3 is 10.1 Å². The van der Waals surface area contributed by atoms with Gasteiger partial charge in [-0.25, -0.2) is 4.39 Å². The molecule has 0 spiro atoms. The van der Waals surface area contributed by atoms with Crippen molar-refractivity contribution < 1.29 is 9.13 Å². The van der Waals surface area contributed by atoms with Gasteiger partial charge in [0.1, 0.15) is 11.6 Å². The van der Waals surface area contributed by atoms with Crippen LogP contribution in [-0.4, -0.2) is 7.11 Å². The molecule has 2 rings (SSSR count). The first-order valence-electron chi connectivity index (χ1n) is 5.62. The third-order valence-corrected chi connectivity index (χ3v) is 3.80. The quantitative estimate of drug-likeness (QED) is 0.798. The summed E-state index contributed by atoms with van der Waals surface area (Å²) in [5, 5.41) is 3.06. The van der Waals surface area contributed by atoms with Crippen LogP contribution >= 0.6 is 31.9 Å². The number of ether oxygens (including phenoxy) is 1. The molecule has 0 amide bonds. The number of benzene rings is 2. The molecule has 0 radical (unpaired) electrons. The zero-order chi connectivity index (χ0) is 13.8. The minimum atomic E-state index is -0.255. The van der Waals surface area contributed by atoms with Gasteiger partial charge in [0.2, 0.25) is 0 Å². The zero-order valence-electron chi connectivity index (χ0n) is 10.2. The molecule has 5 heteroatoms. The van der Waals surface area contributed by atoms with Crippen LogP contribution in [0.3, 0.4) is 0 Å². The molecule has 0 saturated heterocycles. The number of halogens is 3. The van der Waals surface area contributed by atoms with Crippen molar-refractivity contribution in [2.75, 3.05) is 12.4 Å². The minimum absolute atomic E-state index is 0.255. The molecular weight excluding hydrogens is 377 g/mol. The highest BCUT2D eigenvalue weighted by atomic mass is 79.9. The maximum atomic E-state index is 13.5. The van der Waals surface area contributed by atoms with Crippen LogP contribution in [0.1, 0.15) is 5.56 Å². The molecule has 100 valence electrons. The van der Waals surface area contributed by atoms with Crippen LogP contribution in [0, 0.1) is 5.82 Å². The van der Waals surface area contributed by atoms with E-state index in [1.807, 2.05) is 12.1 Å². The van der Waals surface area contributed by atoms with Gasteiger partial charge in [-0.1, -0.05) is 12.1 Å². The number of hydrogen-bond acceptors (Lipinski definition) is 2. The van der Waals surface area contributed by atoms with Crippen molar-refractivity contribution in [3.8, 4) is 5.75 Å². The lowest BCUT2D eigenvalue weighted by molar-refractivity contribution is 0.409. The van der Waals surface area contributed by atoms with Crippen LogP contribution < -0.4 is 10.1 Å². The van der Waals surface area contributed by atoms with E-state index in [2.05, 4.69) is 37.2 Å². The van der Waals surface area contributed by atoms with Gasteiger partial charge in [-0.3, -0.25) is 0 Å². The van der Waals surface area contributed by atoms with Crippen LogP contribution in [0.25, 0.3) is 0 Å². The lowest BCUT2D eigenvalue weighted by Gasteiger charge is -2.11. The summed E-state index contributed by atoms with van der Waals surface area (Å²) in [5.74, 6) is 0.490. The first-order chi connectivity index (χ1) is 9.11. The van der Waals surface area contributed by atoms with E-state index >= 15 is 0 Å². The Bertz CT molecular complexity index is 566. The minimum Gasteiger partial charge on any atom is -0.494 e. The Labute approximate surface area is 128 Å². The van der Waals surface area contributed by atoms with Gasteiger partial charge in [0.25, 0.3) is 0 Å². The second-order valence-electron chi connectivity index (χ2n) is 3.93. The summed E-state index contributed by atoms with van der Waals surface area (Å²) < 4.78 is 20.4. The van der Waals surface area contributed by atoms with Crippen LogP contribution in [0.15, 0.2) is 45.3 Å². The molecule has 2 aromatic rings. The van der Waals surface area contributed by atoms with E-state index in [0.29, 0.717) is 12.2 Å². The Morgan fingerprint density at radius 2 is 1.79 bits per heavy atom. The standard InChI is InChI=1S/C14H12Br2FNO/c1-19-14-10(15)6-9(7-11(14)16)8-18-13-5-3-2-4-12(13)17/h2-7,18H,8H2,1H3. The third kappa shape index (κ3) is 3.48. The lowest BCUT2D eigenvalue weighted by atomic mass is 10.2. The monoisotopic (exact) mass is 387 g/mol. The predicted octanol–water partition coefficient (Wildman–Crippen LogP) is 4.97. The average molecular weight is 389 g/mol. The Balaban J connectivity index is 2.15. The predicted molar refractivity (Wildman–Crippen MR) is 82.1 cm³/mol. The number of para-hydroxylation sites is 1. The van der Waals surface area contributed by atoms with E-state index in [1.54, 1.807) is 25.3 Å². The molecule has 0 bridgehead atoms. The van der Waals surface area contributed by atoms with Crippen LogP contribution in [0.2, 0.25) is 0 Å². The van der Waals surface area contributed by atoms with E-state index in [0.717, 1.165) is 20.3 Å². The molecule has 0 unspecified atom stereocenters. The molecule has 0 atom stereocenters. The fourth-order valence-electron chi connectivity index (χ4n) is 1.71. The molecule has 0 aliphatic heterocycles. The fourth-order valence-corrected chi connectivity index (χ4v) is 3.32. The molecule has 19 heavy (non-hydrogen) atoms. The summed E-state index contributed by atoms with van der Waals surface area (Å²) >= 11 is 6.88. The fraction of sp³-hybridized carbons (Fsp3) is 0.143. The summed E-state index contributed by atoms with van der Waals surface area (Å²) in [6, 6.07) is 10.5. The maximum absolute atomic E-state index is 13.5. The van der Waals surface area contributed by atoms with E-state index in [4.69, 9.17) is 4.74 Å². The summed E-state index contributed by atoms with van der Waals surface area (Å²) in [6.45, 7) is 0.530. The van der Waals surface area contributed by atoms with Crippen molar-refractivity contribution in [3.05, 3.63) is 56.7 Å². The Morgan fingerprint density at radius 3 is 2.37 bits per heavy atom. The van der Waals surface area contributed by atoms with E-state index in [9.17, 15) is 4.39 Å². The van der Waals surface area contributed by atoms with Crippen molar-refractivity contribution in [3.63, 3.8) is 0 Å². The number of methoxy groups -OCH3 is 1. The Kier molecular flexibility index (Phi) is 4.82. The van der Waals surface area contributed by atoms with Gasteiger partial charge in [-0.15, -0.1) is 0 Å². The topological polar surface area (TPSA) is 21.3 Å². The van der Waals surface area contributed by atoms with Crippen LogP contribution in [0.4, 0.5) is 10.1 Å². The van der Waals surface area contributed by atoms with Crippen molar-refractivity contribution in [2.24, 2.45) is 0 Å². The number of nitrogens with one attached hydrogen (secondary N) is 1. The highest BCUT2D eigenvalue weighted by molar-refractivity contribution is 9.11. The number of hydrogen-bond donors (Lipinski definition) is 1. The maximum Gasteiger partial charge on any atom is 0.147 e. The molecule has 0 aliphatic carbocycles. The van der Waals surface area contributed by atoms with Crippen molar-refractivity contribution >= 4 is 37.5 Å². The zero-order valence-corrected chi connectivity index (χ0v) is 13.4. The van der Waals surface area contributed by atoms with Gasteiger partial charge >= 0.3 is 0 Å². The first kappa shape index (κ1) is 14.3. The molecule has 2 nitrogen and oxygen atoms in total. The van der Waals surface area contributed by atoms with Crippen molar-refractivity contribution in [2.45, 2.75) is 6.54 Å². The summed E-state index contributed by atoms with van der Waals surface area (Å²) in [6.07, 6.45) is 0. The smallest absolute Gasteiger partial charge is 0.147 e. The van der Waals surface area contributed by atoms with E-state index < -0.39 is 0 Å². The second kappa shape index (κ2) is 6.39. The summed E-state index contributed by atoms with van der Waals surface area (Å²) in [7, 11) is 1.61. The summed E-state index contributed by atoms with van der Waals surface area (Å²) in [4.78, 5) is 0. The lowest BCUT2D eigenvalue weighted by Crippen LogP contribution is -2.01. The summed E-state index contributed by atoms with van der Waals surface area (Å²) in [5.41, 5.74) is 1.51. The normalized spacial score (nSPS) is 10.3. The molecule has 0 aromatic heterocycles. The van der Waals surface area contributed by atoms with Gasteiger partial charge in [-0.05, 0) is 61.7 Å². The molecule has 0 aliphatic rings. The van der Waals surface area contributed by atoms with Crippen LogP contribution in [-0.2, 0) is 6.54 Å². The number of anilines is 1. The van der Waals surface area contributed by atoms with Crippen LogP contribution in [0.5, 0.6) is 5.75 Å². The molecular formula is C14H12Br2FNO. The highest BCUT2D eigenvalue weighted by Gasteiger charge is 2.08.